The smallest absolute Gasteiger partial charge is 0.331 e. The van der Waals surface area contributed by atoms with Crippen molar-refractivity contribution in [2.45, 2.75) is 25.4 Å². The molecule has 2 aliphatic carbocycles. The van der Waals surface area contributed by atoms with Crippen LogP contribution in [0.1, 0.15) is 19.3 Å². The number of hydrogen-bond acceptors (Lipinski definition) is 6. The molecule has 18 heavy (non-hydrogen) atoms. The minimum Gasteiger partial charge on any atom is -0.467 e. The Morgan fingerprint density at radius 3 is 2.50 bits per heavy atom. The normalized spacial score (nSPS) is 31.4. The molecule has 0 radical (unpaired) electrons. The second-order valence-corrected chi connectivity index (χ2v) is 4.59. The molecule has 0 aromatic rings. The zero-order valence-electron chi connectivity index (χ0n) is 10.0. The Bertz CT molecular complexity index is 413. The molecule has 6 heteroatoms. The standard InChI is InChI=1S/C12H14O6/c1-17-9(13)5-18-6-2-3-7-8(4-6)11(15)12(16)10(7)14/h6-8H,2-5H2,1H3. The zero-order chi connectivity index (χ0) is 13.3. The Kier molecular flexibility index (Phi) is 3.56. The maximum Gasteiger partial charge on any atom is 0.331 e. The van der Waals surface area contributed by atoms with Crippen LogP contribution in [-0.2, 0) is 28.7 Å². The van der Waals surface area contributed by atoms with E-state index < -0.39 is 35.2 Å². The van der Waals surface area contributed by atoms with Gasteiger partial charge < -0.3 is 9.47 Å². The molecule has 0 spiro atoms. The second-order valence-electron chi connectivity index (χ2n) is 4.59. The van der Waals surface area contributed by atoms with Gasteiger partial charge in [-0.3, -0.25) is 14.4 Å². The van der Waals surface area contributed by atoms with Crippen molar-refractivity contribution in [1.29, 1.82) is 0 Å². The molecule has 0 aromatic heterocycles. The third-order valence-electron chi connectivity index (χ3n) is 3.59. The molecule has 2 rings (SSSR count). The van der Waals surface area contributed by atoms with Gasteiger partial charge in [0.05, 0.1) is 13.2 Å². The largest absolute Gasteiger partial charge is 0.467 e. The van der Waals surface area contributed by atoms with Gasteiger partial charge in [-0.2, -0.15) is 0 Å². The van der Waals surface area contributed by atoms with E-state index in [1.807, 2.05) is 0 Å². The number of rotatable bonds is 3. The molecule has 2 aliphatic rings. The van der Waals surface area contributed by atoms with Gasteiger partial charge in [-0.05, 0) is 19.3 Å². The van der Waals surface area contributed by atoms with Crippen LogP contribution >= 0.6 is 0 Å². The lowest BCUT2D eigenvalue weighted by Gasteiger charge is -2.28. The predicted molar refractivity (Wildman–Crippen MR) is 57.6 cm³/mol. The van der Waals surface area contributed by atoms with E-state index in [4.69, 9.17) is 4.74 Å². The van der Waals surface area contributed by atoms with E-state index in [1.54, 1.807) is 0 Å². The van der Waals surface area contributed by atoms with Crippen LogP contribution in [0.4, 0.5) is 0 Å². The SMILES string of the molecule is COC(=O)COC1CCC2C(=O)C(=O)C(=O)C2C1. The quantitative estimate of drug-likeness (QED) is 0.507. The van der Waals surface area contributed by atoms with Crippen LogP contribution in [0, 0.1) is 11.8 Å². The van der Waals surface area contributed by atoms with Crippen molar-refractivity contribution in [3.63, 3.8) is 0 Å². The molecule has 0 N–H and O–H groups in total. The second kappa shape index (κ2) is 4.97. The Morgan fingerprint density at radius 2 is 1.83 bits per heavy atom. The lowest BCUT2D eigenvalue weighted by atomic mass is 9.79. The van der Waals surface area contributed by atoms with Crippen LogP contribution in [-0.4, -0.2) is 43.1 Å². The molecular weight excluding hydrogens is 240 g/mol. The molecule has 0 bridgehead atoms. The first kappa shape index (κ1) is 12.9. The van der Waals surface area contributed by atoms with Crippen molar-refractivity contribution < 1.29 is 28.7 Å². The Hall–Kier alpha value is -1.56. The average Bonchev–Trinajstić information content (AvgIpc) is 2.61. The van der Waals surface area contributed by atoms with Gasteiger partial charge in [0.15, 0.2) is 0 Å². The summed E-state index contributed by atoms with van der Waals surface area (Å²) in [7, 11) is 1.26. The lowest BCUT2D eigenvalue weighted by Crippen LogP contribution is -2.32. The average molecular weight is 254 g/mol. The molecule has 0 aromatic carbocycles. The van der Waals surface area contributed by atoms with E-state index in [0.29, 0.717) is 19.3 Å². The molecule has 3 atom stereocenters. The van der Waals surface area contributed by atoms with E-state index in [1.165, 1.54) is 7.11 Å². The number of methoxy groups -OCH3 is 1. The van der Waals surface area contributed by atoms with Crippen molar-refractivity contribution in [2.24, 2.45) is 11.8 Å². The molecule has 0 saturated heterocycles. The summed E-state index contributed by atoms with van der Waals surface area (Å²) >= 11 is 0. The fourth-order valence-electron chi connectivity index (χ4n) is 2.59. The van der Waals surface area contributed by atoms with Crippen molar-refractivity contribution in [3.8, 4) is 0 Å². The van der Waals surface area contributed by atoms with Crippen LogP contribution in [0.3, 0.4) is 0 Å². The van der Waals surface area contributed by atoms with Gasteiger partial charge in [0.2, 0.25) is 11.6 Å². The zero-order valence-corrected chi connectivity index (χ0v) is 10.0. The number of esters is 1. The van der Waals surface area contributed by atoms with Crippen molar-refractivity contribution >= 4 is 23.3 Å². The van der Waals surface area contributed by atoms with Crippen LogP contribution in [0.5, 0.6) is 0 Å². The third-order valence-corrected chi connectivity index (χ3v) is 3.59. The number of carbonyl (C=O) groups excluding carboxylic acids is 4. The van der Waals surface area contributed by atoms with Crippen molar-refractivity contribution in [1.82, 2.24) is 0 Å². The van der Waals surface area contributed by atoms with E-state index in [9.17, 15) is 19.2 Å². The number of Topliss-reactive ketones (excluding diaryl/α,β-unsaturated/α-hetero) is 3. The predicted octanol–water partition coefficient (Wildman–Crippen LogP) is -0.318. The van der Waals surface area contributed by atoms with Gasteiger partial charge >= 0.3 is 5.97 Å². The van der Waals surface area contributed by atoms with Gasteiger partial charge in [-0.25, -0.2) is 4.79 Å². The number of hydrogen-bond donors (Lipinski definition) is 0. The van der Waals surface area contributed by atoms with E-state index in [2.05, 4.69) is 4.74 Å². The lowest BCUT2D eigenvalue weighted by molar-refractivity contribution is -0.149. The summed E-state index contributed by atoms with van der Waals surface area (Å²) in [6, 6.07) is 0. The molecular formula is C12H14O6. The first-order chi connectivity index (χ1) is 8.54. The fourth-order valence-corrected chi connectivity index (χ4v) is 2.59. The van der Waals surface area contributed by atoms with Crippen LogP contribution in [0.25, 0.3) is 0 Å². The molecule has 6 nitrogen and oxygen atoms in total. The molecule has 3 unspecified atom stereocenters. The fraction of sp³-hybridized carbons (Fsp3) is 0.667. The number of fused-ring (bicyclic) bond motifs is 1. The minimum atomic E-state index is -0.876. The van der Waals surface area contributed by atoms with Crippen molar-refractivity contribution in [2.75, 3.05) is 13.7 Å². The molecule has 0 amide bonds. The topological polar surface area (TPSA) is 86.7 Å². The maximum absolute atomic E-state index is 11.6. The van der Waals surface area contributed by atoms with Gasteiger partial charge in [-0.1, -0.05) is 0 Å². The van der Waals surface area contributed by atoms with Crippen LogP contribution in [0.2, 0.25) is 0 Å². The highest BCUT2D eigenvalue weighted by atomic mass is 16.6. The summed E-state index contributed by atoms with van der Waals surface area (Å²) in [5.74, 6) is -3.54. The summed E-state index contributed by atoms with van der Waals surface area (Å²) in [6.45, 7) is -0.172. The summed E-state index contributed by atoms with van der Waals surface area (Å²) in [5.41, 5.74) is 0. The van der Waals surface area contributed by atoms with Gasteiger partial charge in [0.1, 0.15) is 6.61 Å². The first-order valence-electron chi connectivity index (χ1n) is 5.85. The number of carbonyl (C=O) groups is 4. The summed E-state index contributed by atoms with van der Waals surface area (Å²) in [4.78, 5) is 45.3. The third kappa shape index (κ3) is 2.20. The summed E-state index contributed by atoms with van der Waals surface area (Å²) in [5, 5.41) is 0. The summed E-state index contributed by atoms with van der Waals surface area (Å²) in [6.07, 6.45) is 1.10. The number of ketones is 3. The van der Waals surface area contributed by atoms with Crippen LogP contribution in [0.15, 0.2) is 0 Å². The Labute approximate surface area is 104 Å². The number of ether oxygens (including phenoxy) is 2. The molecule has 98 valence electrons. The molecule has 2 saturated carbocycles. The van der Waals surface area contributed by atoms with Gasteiger partial charge in [0, 0.05) is 11.8 Å². The first-order valence-corrected chi connectivity index (χ1v) is 5.85. The van der Waals surface area contributed by atoms with Crippen molar-refractivity contribution in [3.05, 3.63) is 0 Å². The molecule has 0 heterocycles. The van der Waals surface area contributed by atoms with E-state index in [-0.39, 0.29) is 12.7 Å². The van der Waals surface area contributed by atoms with E-state index in [0.717, 1.165) is 0 Å². The highest BCUT2D eigenvalue weighted by molar-refractivity contribution is 6.68. The Balaban J connectivity index is 1.94. The maximum atomic E-state index is 11.6. The monoisotopic (exact) mass is 254 g/mol. The van der Waals surface area contributed by atoms with Crippen LogP contribution < -0.4 is 0 Å². The minimum absolute atomic E-state index is 0.172. The summed E-state index contributed by atoms with van der Waals surface area (Å²) < 4.78 is 9.76. The molecule has 0 aliphatic heterocycles. The van der Waals surface area contributed by atoms with E-state index >= 15 is 0 Å². The van der Waals surface area contributed by atoms with Gasteiger partial charge in [0.25, 0.3) is 5.78 Å². The Morgan fingerprint density at radius 1 is 1.17 bits per heavy atom. The highest BCUT2D eigenvalue weighted by Crippen LogP contribution is 2.37. The van der Waals surface area contributed by atoms with Gasteiger partial charge in [-0.15, -0.1) is 0 Å². The molecule has 2 fully saturated rings. The highest BCUT2D eigenvalue weighted by Gasteiger charge is 2.51.